The second-order valence-electron chi connectivity index (χ2n) is 5.35. The summed E-state index contributed by atoms with van der Waals surface area (Å²) in [5, 5.41) is 3.22. The van der Waals surface area contributed by atoms with Gasteiger partial charge in [-0.05, 0) is 43.3 Å². The van der Waals surface area contributed by atoms with Crippen molar-refractivity contribution < 1.29 is 23.9 Å². The number of esters is 2. The first-order chi connectivity index (χ1) is 11.0. The van der Waals surface area contributed by atoms with Gasteiger partial charge >= 0.3 is 11.9 Å². The van der Waals surface area contributed by atoms with Gasteiger partial charge in [0.25, 0.3) is 0 Å². The minimum atomic E-state index is -0.439. The van der Waals surface area contributed by atoms with Crippen LogP contribution in [0.15, 0.2) is 36.4 Å². The molecular weight excluding hydrogens is 298 g/mol. The molecule has 1 N–H and O–H groups in total. The van der Waals surface area contributed by atoms with Gasteiger partial charge in [-0.2, -0.15) is 0 Å². The van der Waals surface area contributed by atoms with E-state index in [9.17, 15) is 14.4 Å². The van der Waals surface area contributed by atoms with E-state index in [-0.39, 0.29) is 30.5 Å². The summed E-state index contributed by atoms with van der Waals surface area (Å²) < 4.78 is 10.3. The highest BCUT2D eigenvalue weighted by Gasteiger charge is 2.33. The first-order valence-electron chi connectivity index (χ1n) is 7.34. The number of nitrogens with one attached hydrogen (secondary N) is 1. The Hall–Kier alpha value is -2.63. The van der Waals surface area contributed by atoms with E-state index in [0.717, 1.165) is 12.0 Å². The Balaban J connectivity index is 2.00. The van der Waals surface area contributed by atoms with E-state index in [1.165, 1.54) is 6.92 Å². The van der Waals surface area contributed by atoms with Crippen molar-refractivity contribution >= 4 is 23.9 Å². The third-order valence-electron chi connectivity index (χ3n) is 3.37. The number of anilines is 1. The number of ether oxygens (including phenoxy) is 2. The zero-order chi connectivity index (χ0) is 16.8. The van der Waals surface area contributed by atoms with E-state index in [2.05, 4.69) is 5.32 Å². The van der Waals surface area contributed by atoms with E-state index >= 15 is 0 Å². The molecule has 0 spiro atoms. The summed E-state index contributed by atoms with van der Waals surface area (Å²) >= 11 is 0. The topological polar surface area (TPSA) is 81.7 Å². The SMILES string of the molecule is CC(=O)OC(C)/C=C/C1OC(=O)CC1Nc1ccc(C=O)cc1. The molecule has 1 fully saturated rings. The number of aldehydes is 1. The van der Waals surface area contributed by atoms with Crippen LogP contribution in [0.5, 0.6) is 0 Å². The molecule has 0 radical (unpaired) electrons. The van der Waals surface area contributed by atoms with Crippen molar-refractivity contribution in [2.24, 2.45) is 0 Å². The molecule has 3 atom stereocenters. The van der Waals surface area contributed by atoms with Gasteiger partial charge in [0.2, 0.25) is 0 Å². The number of hydrogen-bond acceptors (Lipinski definition) is 6. The number of cyclic esters (lactones) is 1. The summed E-state index contributed by atoms with van der Waals surface area (Å²) in [5.74, 6) is -0.655. The van der Waals surface area contributed by atoms with Crippen molar-refractivity contribution in [3.63, 3.8) is 0 Å². The summed E-state index contributed by atoms with van der Waals surface area (Å²) in [7, 11) is 0. The fourth-order valence-corrected chi connectivity index (χ4v) is 2.32. The largest absolute Gasteiger partial charge is 0.459 e. The summed E-state index contributed by atoms with van der Waals surface area (Å²) in [5.41, 5.74) is 1.38. The van der Waals surface area contributed by atoms with Gasteiger partial charge in [-0.1, -0.05) is 0 Å². The first-order valence-corrected chi connectivity index (χ1v) is 7.34. The molecule has 1 aromatic rings. The number of benzene rings is 1. The van der Waals surface area contributed by atoms with E-state index < -0.39 is 6.10 Å². The highest BCUT2D eigenvalue weighted by molar-refractivity contribution is 5.76. The molecule has 0 bridgehead atoms. The van der Waals surface area contributed by atoms with Crippen molar-refractivity contribution in [3.05, 3.63) is 42.0 Å². The lowest BCUT2D eigenvalue weighted by atomic mass is 10.1. The molecule has 0 saturated carbocycles. The molecule has 1 aliphatic heterocycles. The normalized spacial score (nSPS) is 21.7. The number of carbonyl (C=O) groups excluding carboxylic acids is 3. The molecule has 23 heavy (non-hydrogen) atoms. The van der Waals surface area contributed by atoms with Gasteiger partial charge in [0.05, 0.1) is 12.5 Å². The lowest BCUT2D eigenvalue weighted by Crippen LogP contribution is -2.28. The van der Waals surface area contributed by atoms with Gasteiger partial charge in [0, 0.05) is 18.2 Å². The predicted octanol–water partition coefficient (Wildman–Crippen LogP) is 2.10. The quantitative estimate of drug-likeness (QED) is 0.491. The van der Waals surface area contributed by atoms with Crippen molar-refractivity contribution in [3.8, 4) is 0 Å². The molecule has 6 heteroatoms. The molecule has 1 aromatic carbocycles. The van der Waals surface area contributed by atoms with Gasteiger partial charge in [-0.25, -0.2) is 0 Å². The Bertz CT molecular complexity index is 608. The second-order valence-corrected chi connectivity index (χ2v) is 5.35. The average Bonchev–Trinajstić information content (AvgIpc) is 2.85. The van der Waals surface area contributed by atoms with Crippen LogP contribution in [0.2, 0.25) is 0 Å². The fourth-order valence-electron chi connectivity index (χ4n) is 2.32. The van der Waals surface area contributed by atoms with Crippen LogP contribution in [0.25, 0.3) is 0 Å². The van der Waals surface area contributed by atoms with Crippen LogP contribution >= 0.6 is 0 Å². The van der Waals surface area contributed by atoms with Crippen LogP contribution in [-0.2, 0) is 19.1 Å². The van der Waals surface area contributed by atoms with Crippen LogP contribution in [0.3, 0.4) is 0 Å². The van der Waals surface area contributed by atoms with Crippen LogP contribution < -0.4 is 5.32 Å². The van der Waals surface area contributed by atoms with E-state index in [1.807, 2.05) is 0 Å². The van der Waals surface area contributed by atoms with Gasteiger partial charge in [0.1, 0.15) is 18.5 Å². The average molecular weight is 317 g/mol. The lowest BCUT2D eigenvalue weighted by Gasteiger charge is -2.17. The summed E-state index contributed by atoms with van der Waals surface area (Å²) in [6.07, 6.45) is 3.59. The molecule has 0 aliphatic carbocycles. The zero-order valence-corrected chi connectivity index (χ0v) is 13.0. The molecule has 1 saturated heterocycles. The Morgan fingerprint density at radius 2 is 2.09 bits per heavy atom. The van der Waals surface area contributed by atoms with Crippen molar-refractivity contribution in [2.75, 3.05) is 5.32 Å². The highest BCUT2D eigenvalue weighted by atomic mass is 16.6. The minimum absolute atomic E-state index is 0.217. The molecule has 1 heterocycles. The van der Waals surface area contributed by atoms with Crippen LogP contribution in [0.4, 0.5) is 5.69 Å². The van der Waals surface area contributed by atoms with Gasteiger partial charge in [-0.15, -0.1) is 0 Å². The highest BCUT2D eigenvalue weighted by Crippen LogP contribution is 2.21. The molecule has 6 nitrogen and oxygen atoms in total. The van der Waals surface area contributed by atoms with E-state index in [1.54, 1.807) is 43.3 Å². The van der Waals surface area contributed by atoms with Crippen molar-refractivity contribution in [1.29, 1.82) is 0 Å². The molecule has 1 aliphatic rings. The number of hydrogen-bond donors (Lipinski definition) is 1. The first kappa shape index (κ1) is 16.7. The van der Waals surface area contributed by atoms with Gasteiger partial charge < -0.3 is 14.8 Å². The zero-order valence-electron chi connectivity index (χ0n) is 13.0. The van der Waals surface area contributed by atoms with Crippen molar-refractivity contribution in [1.82, 2.24) is 0 Å². The second kappa shape index (κ2) is 7.58. The Kier molecular flexibility index (Phi) is 5.51. The third kappa shape index (κ3) is 4.95. The monoisotopic (exact) mass is 317 g/mol. The maximum Gasteiger partial charge on any atom is 0.308 e. The smallest absolute Gasteiger partial charge is 0.308 e. The fraction of sp³-hybridized carbons (Fsp3) is 0.353. The van der Waals surface area contributed by atoms with E-state index in [4.69, 9.17) is 9.47 Å². The summed E-state index contributed by atoms with van der Waals surface area (Å²) in [6.45, 7) is 3.07. The molecule has 122 valence electrons. The Labute approximate surface area is 134 Å². The van der Waals surface area contributed by atoms with Gasteiger partial charge in [0.15, 0.2) is 0 Å². The van der Waals surface area contributed by atoms with Crippen LogP contribution in [0.1, 0.15) is 30.6 Å². The number of carbonyl (C=O) groups is 3. The van der Waals surface area contributed by atoms with Gasteiger partial charge in [-0.3, -0.25) is 14.4 Å². The maximum absolute atomic E-state index is 11.5. The minimum Gasteiger partial charge on any atom is -0.459 e. The summed E-state index contributed by atoms with van der Waals surface area (Å²) in [6, 6.07) is 6.72. The molecular formula is C17H19NO5. The standard InChI is InChI=1S/C17H19NO5/c1-11(22-12(2)20)3-8-16-15(9-17(21)23-16)18-14-6-4-13(10-19)5-7-14/h3-8,10-11,15-16,18H,9H2,1-2H3/b8-3+. The maximum atomic E-state index is 11.5. The molecule has 0 amide bonds. The molecule has 2 rings (SSSR count). The lowest BCUT2D eigenvalue weighted by molar-refractivity contribution is -0.144. The number of rotatable bonds is 6. The predicted molar refractivity (Wildman–Crippen MR) is 84.1 cm³/mol. The Morgan fingerprint density at radius 3 is 2.70 bits per heavy atom. The summed E-state index contributed by atoms with van der Waals surface area (Å²) in [4.78, 5) is 33.1. The Morgan fingerprint density at radius 1 is 1.39 bits per heavy atom. The van der Waals surface area contributed by atoms with Crippen LogP contribution in [-0.4, -0.2) is 36.5 Å². The molecule has 3 unspecified atom stereocenters. The third-order valence-corrected chi connectivity index (χ3v) is 3.37. The van der Waals surface area contributed by atoms with Crippen LogP contribution in [0, 0.1) is 0 Å². The molecule has 0 aromatic heterocycles. The van der Waals surface area contributed by atoms with E-state index in [0.29, 0.717) is 5.56 Å². The van der Waals surface area contributed by atoms with Crippen molar-refractivity contribution in [2.45, 2.75) is 38.5 Å².